The standard InChI is InChI=1S/C38H65N5O9/c1-11-17-32(47)42(25-45)20-15-13-14-19-31(46)40(7)35(26(3)4)38(50)39-23-34(49)41(8)36(27(5)12-2)30(51-9)22-33(48)43-21-16-18-29(43)37(52-10)28(6)24-44/h11,17,24-30,35-37H,12-16,18-23H2,1-10H3,(H,39,50)/b17-11-. The molecule has 1 rings (SSSR count). The average molecular weight is 736 g/mol. The van der Waals surface area contributed by atoms with Gasteiger partial charge in [0.05, 0.1) is 37.3 Å². The minimum absolute atomic E-state index is 0.0316. The van der Waals surface area contributed by atoms with Crippen LogP contribution in [0.4, 0.5) is 0 Å². The van der Waals surface area contributed by atoms with Gasteiger partial charge in [0.15, 0.2) is 0 Å². The SMILES string of the molecule is C/C=C\C(=O)N(C=O)CCCCCC(=O)N(C)C(C(=O)NCC(=O)N(C)C(C(C)CC)C(CC(=O)N1CCCC1C(OC)C(C)C=O)OC)C(C)C. The minimum atomic E-state index is -0.810. The van der Waals surface area contributed by atoms with Crippen molar-refractivity contribution in [3.8, 4) is 0 Å². The van der Waals surface area contributed by atoms with Crippen LogP contribution in [-0.2, 0) is 43.0 Å². The highest BCUT2D eigenvalue weighted by molar-refractivity contribution is 5.94. The zero-order valence-electron chi connectivity index (χ0n) is 33.2. The highest BCUT2D eigenvalue weighted by Crippen LogP contribution is 2.28. The number of allylic oxidation sites excluding steroid dienone is 1. The van der Waals surface area contributed by atoms with Crippen molar-refractivity contribution < 1.29 is 43.0 Å². The molecule has 0 saturated carbocycles. The smallest absolute Gasteiger partial charge is 0.252 e. The zero-order valence-corrected chi connectivity index (χ0v) is 33.2. The van der Waals surface area contributed by atoms with Crippen LogP contribution in [0.5, 0.6) is 0 Å². The summed E-state index contributed by atoms with van der Waals surface area (Å²) in [6.45, 7) is 11.6. The van der Waals surface area contributed by atoms with E-state index in [1.54, 1.807) is 50.9 Å². The van der Waals surface area contributed by atoms with E-state index in [1.807, 2.05) is 27.7 Å². The monoisotopic (exact) mass is 735 g/mol. The third-order valence-corrected chi connectivity index (χ3v) is 10.3. The fourth-order valence-corrected chi connectivity index (χ4v) is 7.12. The van der Waals surface area contributed by atoms with Gasteiger partial charge in [-0.05, 0) is 50.5 Å². The molecule has 1 fully saturated rings. The Morgan fingerprint density at radius 1 is 0.942 bits per heavy atom. The first-order chi connectivity index (χ1) is 24.6. The molecule has 0 aliphatic carbocycles. The molecule has 0 aromatic rings. The van der Waals surface area contributed by atoms with E-state index in [-0.39, 0.29) is 73.4 Å². The summed E-state index contributed by atoms with van der Waals surface area (Å²) < 4.78 is 11.5. The molecule has 1 aliphatic heterocycles. The van der Waals surface area contributed by atoms with E-state index < -0.39 is 30.2 Å². The number of imide groups is 1. The number of carbonyl (C=O) groups excluding carboxylic acids is 7. The van der Waals surface area contributed by atoms with Gasteiger partial charge in [-0.25, -0.2) is 0 Å². The van der Waals surface area contributed by atoms with E-state index in [9.17, 15) is 33.6 Å². The summed E-state index contributed by atoms with van der Waals surface area (Å²) >= 11 is 0. The number of likely N-dealkylation sites (N-methyl/N-ethyl adjacent to an activating group) is 2. The van der Waals surface area contributed by atoms with Crippen LogP contribution < -0.4 is 5.32 Å². The maximum absolute atomic E-state index is 13.7. The van der Waals surface area contributed by atoms with Crippen molar-refractivity contribution in [3.05, 3.63) is 12.2 Å². The molecule has 7 atom stereocenters. The first-order valence-electron chi connectivity index (χ1n) is 18.6. The molecule has 52 heavy (non-hydrogen) atoms. The number of methoxy groups -OCH3 is 2. The number of rotatable bonds is 24. The highest BCUT2D eigenvalue weighted by atomic mass is 16.5. The molecule has 7 unspecified atom stereocenters. The number of aldehydes is 1. The molecule has 296 valence electrons. The van der Waals surface area contributed by atoms with Gasteiger partial charge in [0.1, 0.15) is 12.3 Å². The molecule has 1 heterocycles. The summed E-state index contributed by atoms with van der Waals surface area (Å²) in [5.41, 5.74) is 0. The van der Waals surface area contributed by atoms with Crippen molar-refractivity contribution in [2.45, 2.75) is 123 Å². The molecule has 0 aromatic heterocycles. The van der Waals surface area contributed by atoms with Crippen LogP contribution in [0, 0.1) is 17.8 Å². The topological polar surface area (TPSA) is 163 Å². The molecule has 1 aliphatic rings. The first kappa shape index (κ1) is 46.4. The average Bonchev–Trinajstić information content (AvgIpc) is 3.61. The van der Waals surface area contributed by atoms with Crippen LogP contribution in [0.2, 0.25) is 0 Å². The Bertz CT molecular complexity index is 1210. The summed E-state index contributed by atoms with van der Waals surface area (Å²) in [4.78, 5) is 94.2. The summed E-state index contributed by atoms with van der Waals surface area (Å²) in [5, 5.41) is 2.73. The Balaban J connectivity index is 2.90. The summed E-state index contributed by atoms with van der Waals surface area (Å²) in [6.07, 6.45) is 7.33. The fraction of sp³-hybridized carbons (Fsp3) is 0.763. The highest BCUT2D eigenvalue weighted by Gasteiger charge is 2.40. The van der Waals surface area contributed by atoms with Crippen molar-refractivity contribution in [2.75, 3.05) is 47.9 Å². The van der Waals surface area contributed by atoms with Gasteiger partial charge in [-0.1, -0.05) is 53.5 Å². The van der Waals surface area contributed by atoms with Crippen LogP contribution in [0.15, 0.2) is 12.2 Å². The number of nitrogens with one attached hydrogen (secondary N) is 1. The molecule has 1 saturated heterocycles. The molecule has 14 nitrogen and oxygen atoms in total. The molecule has 14 heteroatoms. The van der Waals surface area contributed by atoms with Crippen LogP contribution in [-0.4, -0.2) is 140 Å². The summed E-state index contributed by atoms with van der Waals surface area (Å²) in [5.74, 6) is -2.21. The molecule has 0 bridgehead atoms. The molecular formula is C38H65N5O9. The summed E-state index contributed by atoms with van der Waals surface area (Å²) in [7, 11) is 6.29. The van der Waals surface area contributed by atoms with Gasteiger partial charge in [0.2, 0.25) is 30.0 Å². The van der Waals surface area contributed by atoms with Crippen molar-refractivity contribution in [1.29, 1.82) is 0 Å². The lowest BCUT2D eigenvalue weighted by Gasteiger charge is -2.39. The second-order valence-electron chi connectivity index (χ2n) is 14.2. The Hall–Kier alpha value is -3.65. The number of hydrogen-bond acceptors (Lipinski definition) is 9. The summed E-state index contributed by atoms with van der Waals surface area (Å²) in [6, 6.07) is -1.51. The van der Waals surface area contributed by atoms with Gasteiger partial charge >= 0.3 is 0 Å². The van der Waals surface area contributed by atoms with E-state index in [0.29, 0.717) is 38.6 Å². The van der Waals surface area contributed by atoms with Crippen molar-refractivity contribution in [2.24, 2.45) is 17.8 Å². The Kier molecular flexibility index (Phi) is 21.2. The lowest BCUT2D eigenvalue weighted by Crippen LogP contribution is -2.55. The van der Waals surface area contributed by atoms with Gasteiger partial charge in [0, 0.05) is 53.7 Å². The van der Waals surface area contributed by atoms with E-state index in [0.717, 1.165) is 24.0 Å². The first-order valence-corrected chi connectivity index (χ1v) is 18.6. The largest absolute Gasteiger partial charge is 0.379 e. The molecule has 0 aromatic carbocycles. The maximum atomic E-state index is 13.7. The Morgan fingerprint density at radius 3 is 2.15 bits per heavy atom. The van der Waals surface area contributed by atoms with Crippen LogP contribution in [0.25, 0.3) is 0 Å². The fourth-order valence-electron chi connectivity index (χ4n) is 7.12. The van der Waals surface area contributed by atoms with Crippen LogP contribution in [0.3, 0.4) is 0 Å². The quantitative estimate of drug-likeness (QED) is 0.0893. The second kappa shape index (κ2) is 23.8. The lowest BCUT2D eigenvalue weighted by molar-refractivity contribution is -0.145. The van der Waals surface area contributed by atoms with Crippen LogP contribution in [0.1, 0.15) is 92.9 Å². The van der Waals surface area contributed by atoms with Gasteiger partial charge in [-0.3, -0.25) is 33.7 Å². The number of likely N-dealkylation sites (tertiary alicyclic amines) is 1. The number of hydrogen-bond donors (Lipinski definition) is 1. The van der Waals surface area contributed by atoms with Crippen molar-refractivity contribution >= 4 is 42.2 Å². The van der Waals surface area contributed by atoms with E-state index >= 15 is 0 Å². The van der Waals surface area contributed by atoms with Gasteiger partial charge in [0.25, 0.3) is 5.91 Å². The lowest BCUT2D eigenvalue weighted by atomic mass is 9.90. The zero-order chi connectivity index (χ0) is 39.5. The normalized spacial score (nSPS) is 17.9. The number of nitrogens with zero attached hydrogens (tertiary/aromatic N) is 4. The third-order valence-electron chi connectivity index (χ3n) is 10.3. The number of ether oxygens (including phenoxy) is 2. The minimum Gasteiger partial charge on any atom is -0.379 e. The molecule has 6 amide bonds. The molecular weight excluding hydrogens is 670 g/mol. The van der Waals surface area contributed by atoms with Gasteiger partial charge in [-0.15, -0.1) is 0 Å². The van der Waals surface area contributed by atoms with Crippen molar-refractivity contribution in [3.63, 3.8) is 0 Å². The number of amides is 6. The molecule has 0 radical (unpaired) electrons. The molecule has 0 spiro atoms. The predicted octanol–water partition coefficient (Wildman–Crippen LogP) is 2.83. The van der Waals surface area contributed by atoms with Crippen LogP contribution >= 0.6 is 0 Å². The van der Waals surface area contributed by atoms with E-state index in [4.69, 9.17) is 9.47 Å². The third kappa shape index (κ3) is 13.4. The van der Waals surface area contributed by atoms with Gasteiger partial charge in [-0.2, -0.15) is 0 Å². The Labute approximate surface area is 310 Å². The van der Waals surface area contributed by atoms with E-state index in [2.05, 4.69) is 5.32 Å². The number of carbonyl (C=O) groups is 7. The van der Waals surface area contributed by atoms with E-state index in [1.165, 1.54) is 18.1 Å². The van der Waals surface area contributed by atoms with Crippen molar-refractivity contribution in [1.82, 2.24) is 24.9 Å². The second-order valence-corrected chi connectivity index (χ2v) is 14.2. The maximum Gasteiger partial charge on any atom is 0.252 e. The van der Waals surface area contributed by atoms with Gasteiger partial charge < -0.3 is 34.3 Å². The predicted molar refractivity (Wildman–Crippen MR) is 198 cm³/mol. The molecule has 1 N–H and O–H groups in total. The number of unbranched alkanes of at least 4 members (excludes halogenated alkanes) is 2. The Morgan fingerprint density at radius 2 is 1.62 bits per heavy atom.